The fourth-order valence-corrected chi connectivity index (χ4v) is 4.25. The Labute approximate surface area is 183 Å². The minimum absolute atomic E-state index is 0.0313. The number of rotatable bonds is 4. The van der Waals surface area contributed by atoms with Crippen molar-refractivity contribution in [2.45, 2.75) is 31.5 Å². The predicted octanol–water partition coefficient (Wildman–Crippen LogP) is 5.30. The first-order valence-electron chi connectivity index (χ1n) is 10.1. The summed E-state index contributed by atoms with van der Waals surface area (Å²) >= 11 is 5.95. The summed E-state index contributed by atoms with van der Waals surface area (Å²) in [5.74, 6) is 0.832. The summed E-state index contributed by atoms with van der Waals surface area (Å²) in [7, 11) is 0. The van der Waals surface area contributed by atoms with Crippen LogP contribution in [0.2, 0.25) is 5.02 Å². The van der Waals surface area contributed by atoms with Gasteiger partial charge in [0.05, 0.1) is 36.0 Å². The van der Waals surface area contributed by atoms with Crippen LogP contribution in [-0.2, 0) is 11.0 Å². The minimum Gasteiger partial charge on any atom is -0.490 e. The minimum atomic E-state index is -4.62. The Morgan fingerprint density at radius 3 is 2.68 bits per heavy atom. The molecule has 5 nitrogen and oxygen atoms in total. The summed E-state index contributed by atoms with van der Waals surface area (Å²) in [6, 6.07) is 9.14. The lowest BCUT2D eigenvalue weighted by molar-refractivity contribution is -0.137. The van der Waals surface area contributed by atoms with Crippen LogP contribution in [-0.4, -0.2) is 37.1 Å². The molecule has 0 radical (unpaired) electrons. The molecular weight excluding hydrogens is 433 g/mol. The first-order valence-corrected chi connectivity index (χ1v) is 10.5. The Kier molecular flexibility index (Phi) is 6.29. The van der Waals surface area contributed by atoms with Crippen molar-refractivity contribution in [3.63, 3.8) is 0 Å². The predicted molar refractivity (Wildman–Crippen MR) is 111 cm³/mol. The molecule has 1 N–H and O–H groups in total. The van der Waals surface area contributed by atoms with Crippen LogP contribution >= 0.6 is 11.6 Å². The number of nitrogens with one attached hydrogen (secondary N) is 1. The zero-order chi connectivity index (χ0) is 22.0. The Bertz CT molecular complexity index is 968. The lowest BCUT2D eigenvalue weighted by Crippen LogP contribution is -2.33. The zero-order valence-electron chi connectivity index (χ0n) is 16.7. The molecule has 9 heteroatoms. The van der Waals surface area contributed by atoms with Gasteiger partial charge in [-0.15, -0.1) is 0 Å². The van der Waals surface area contributed by atoms with E-state index < -0.39 is 23.3 Å². The van der Waals surface area contributed by atoms with Crippen LogP contribution in [0.3, 0.4) is 0 Å². The molecule has 4 rings (SSSR count). The number of anilines is 1. The number of amides is 1. The lowest BCUT2D eigenvalue weighted by Gasteiger charge is -2.25. The van der Waals surface area contributed by atoms with Crippen LogP contribution in [0.1, 0.15) is 36.4 Å². The molecule has 0 aromatic heterocycles. The topological polar surface area (TPSA) is 50.8 Å². The number of fused-ring (bicyclic) bond motifs is 1. The molecule has 2 aromatic rings. The van der Waals surface area contributed by atoms with E-state index in [1.165, 1.54) is 12.1 Å². The Morgan fingerprint density at radius 2 is 1.90 bits per heavy atom. The third-order valence-electron chi connectivity index (χ3n) is 5.45. The number of carbonyl (C=O) groups excluding carboxylic acids is 1. The highest BCUT2D eigenvalue weighted by Gasteiger charge is 2.35. The Balaban J connectivity index is 1.49. The Hall–Kier alpha value is -2.45. The van der Waals surface area contributed by atoms with Crippen molar-refractivity contribution in [1.29, 1.82) is 0 Å². The van der Waals surface area contributed by atoms with Crippen LogP contribution in [0.4, 0.5) is 18.9 Å². The Morgan fingerprint density at radius 1 is 1.13 bits per heavy atom. The van der Waals surface area contributed by atoms with E-state index in [0.29, 0.717) is 31.3 Å². The maximum absolute atomic E-state index is 13.3. The van der Waals surface area contributed by atoms with Gasteiger partial charge in [-0.3, -0.25) is 9.69 Å². The molecule has 1 saturated heterocycles. The molecule has 2 heterocycles. The van der Waals surface area contributed by atoms with Crippen LogP contribution in [0.25, 0.3) is 0 Å². The number of hydrogen-bond acceptors (Lipinski definition) is 4. The molecule has 0 spiro atoms. The number of nitrogens with zero attached hydrogens (tertiary/aromatic N) is 1. The summed E-state index contributed by atoms with van der Waals surface area (Å²) in [6.07, 6.45) is -2.09. The molecule has 0 unspecified atom stereocenters. The van der Waals surface area contributed by atoms with Crippen molar-refractivity contribution >= 4 is 23.2 Å². The number of hydrogen-bond donors (Lipinski definition) is 1. The normalized spacial score (nSPS) is 19.2. The van der Waals surface area contributed by atoms with Crippen molar-refractivity contribution in [1.82, 2.24) is 4.90 Å². The highest BCUT2D eigenvalue weighted by Crippen LogP contribution is 2.40. The average Bonchev–Trinajstić information content (AvgIpc) is 3.03. The number of halogens is 4. The van der Waals surface area contributed by atoms with Gasteiger partial charge in [-0.05, 0) is 49.2 Å². The molecule has 0 saturated carbocycles. The first-order chi connectivity index (χ1) is 14.8. The van der Waals surface area contributed by atoms with E-state index in [9.17, 15) is 18.0 Å². The first kappa shape index (κ1) is 21.8. The van der Waals surface area contributed by atoms with Crippen molar-refractivity contribution < 1.29 is 27.4 Å². The molecule has 166 valence electrons. The van der Waals surface area contributed by atoms with Crippen LogP contribution in [0.15, 0.2) is 36.4 Å². The summed E-state index contributed by atoms with van der Waals surface area (Å²) in [5.41, 5.74) is -0.384. The second-order valence-corrected chi connectivity index (χ2v) is 8.00. The van der Waals surface area contributed by atoms with Gasteiger partial charge >= 0.3 is 6.18 Å². The third-order valence-corrected chi connectivity index (χ3v) is 5.77. The van der Waals surface area contributed by atoms with Gasteiger partial charge in [0.15, 0.2) is 11.5 Å². The fraction of sp³-hybridized carbons (Fsp3) is 0.409. The van der Waals surface area contributed by atoms with Crippen molar-refractivity contribution in [3.8, 4) is 11.5 Å². The number of ether oxygens (including phenoxy) is 2. The molecular formula is C22H22ClF3N2O3. The molecule has 2 aromatic carbocycles. The molecule has 0 bridgehead atoms. The number of para-hydroxylation sites is 1. The molecule has 0 aliphatic carbocycles. The van der Waals surface area contributed by atoms with Gasteiger partial charge < -0.3 is 14.8 Å². The number of alkyl halides is 3. The fourth-order valence-electron chi connectivity index (χ4n) is 4.03. The van der Waals surface area contributed by atoms with Crippen molar-refractivity contribution in [2.75, 3.05) is 31.6 Å². The summed E-state index contributed by atoms with van der Waals surface area (Å²) in [5, 5.41) is 2.22. The quantitative estimate of drug-likeness (QED) is 0.681. The van der Waals surface area contributed by atoms with E-state index in [1.807, 2.05) is 23.1 Å². The van der Waals surface area contributed by atoms with Gasteiger partial charge in [0.1, 0.15) is 0 Å². The largest absolute Gasteiger partial charge is 0.490 e. The molecule has 1 atom stereocenters. The summed E-state index contributed by atoms with van der Waals surface area (Å²) < 4.78 is 51.3. The van der Waals surface area contributed by atoms with E-state index in [1.54, 1.807) is 0 Å². The third kappa shape index (κ3) is 4.91. The SMILES string of the molecule is O=C(CN1CCC[C@@H]1c1ccc2c(c1)OCCCO2)Nc1c(Cl)cccc1C(F)(F)F. The molecule has 2 aliphatic rings. The van der Waals surface area contributed by atoms with Gasteiger partial charge in [-0.2, -0.15) is 13.2 Å². The smallest absolute Gasteiger partial charge is 0.418 e. The van der Waals surface area contributed by atoms with E-state index in [-0.39, 0.29) is 17.6 Å². The summed E-state index contributed by atoms with van der Waals surface area (Å²) in [4.78, 5) is 14.6. The van der Waals surface area contributed by atoms with Crippen LogP contribution in [0.5, 0.6) is 11.5 Å². The second-order valence-electron chi connectivity index (χ2n) is 7.59. The van der Waals surface area contributed by atoms with Crippen LogP contribution < -0.4 is 14.8 Å². The molecule has 2 aliphatic heterocycles. The van der Waals surface area contributed by atoms with E-state index >= 15 is 0 Å². The highest BCUT2D eigenvalue weighted by molar-refractivity contribution is 6.34. The van der Waals surface area contributed by atoms with E-state index in [2.05, 4.69) is 5.32 Å². The van der Waals surface area contributed by atoms with Gasteiger partial charge in [-0.25, -0.2) is 0 Å². The van der Waals surface area contributed by atoms with Gasteiger partial charge in [0.2, 0.25) is 5.91 Å². The van der Waals surface area contributed by atoms with Gasteiger partial charge in [-0.1, -0.05) is 23.7 Å². The molecule has 31 heavy (non-hydrogen) atoms. The number of likely N-dealkylation sites (tertiary alicyclic amines) is 1. The van der Waals surface area contributed by atoms with E-state index in [0.717, 1.165) is 30.9 Å². The standard InChI is InChI=1S/C22H22ClF3N2O3/c23-16-5-1-4-15(22(24,25)26)21(16)27-20(29)13-28-9-2-6-17(28)14-7-8-18-19(12-14)31-11-3-10-30-18/h1,4-5,7-8,12,17H,2-3,6,9-11,13H2,(H,27,29)/t17-/m1/s1. The maximum atomic E-state index is 13.3. The number of benzene rings is 2. The van der Waals surface area contributed by atoms with E-state index in [4.69, 9.17) is 21.1 Å². The van der Waals surface area contributed by atoms with Crippen molar-refractivity contribution in [2.24, 2.45) is 0 Å². The molecule has 1 fully saturated rings. The zero-order valence-corrected chi connectivity index (χ0v) is 17.4. The summed E-state index contributed by atoms with van der Waals surface area (Å²) in [6.45, 7) is 1.81. The lowest BCUT2D eigenvalue weighted by atomic mass is 10.0. The second kappa shape index (κ2) is 8.96. The highest BCUT2D eigenvalue weighted by atomic mass is 35.5. The monoisotopic (exact) mass is 454 g/mol. The van der Waals surface area contributed by atoms with Gasteiger partial charge in [0, 0.05) is 12.5 Å². The number of carbonyl (C=O) groups is 1. The maximum Gasteiger partial charge on any atom is 0.418 e. The molecule has 1 amide bonds. The van der Waals surface area contributed by atoms with Crippen molar-refractivity contribution in [3.05, 3.63) is 52.5 Å². The van der Waals surface area contributed by atoms with Crippen LogP contribution in [0, 0.1) is 0 Å². The average molecular weight is 455 g/mol. The van der Waals surface area contributed by atoms with Gasteiger partial charge in [0.25, 0.3) is 0 Å².